The minimum atomic E-state index is -4.63. The van der Waals surface area contributed by atoms with Crippen LogP contribution in [0, 0.1) is 0 Å². The third kappa shape index (κ3) is 3.26. The molecule has 0 spiro atoms. The molecule has 0 fully saturated rings. The van der Waals surface area contributed by atoms with Crippen LogP contribution in [0.5, 0.6) is 0 Å². The van der Waals surface area contributed by atoms with Gasteiger partial charge in [0.2, 0.25) is 0 Å². The third-order valence-corrected chi connectivity index (χ3v) is 2.12. The van der Waals surface area contributed by atoms with E-state index in [9.17, 15) is 18.0 Å². The molecule has 15 heavy (non-hydrogen) atoms. The summed E-state index contributed by atoms with van der Waals surface area (Å²) >= 11 is 2.92. The molecule has 0 saturated heterocycles. The van der Waals surface area contributed by atoms with Gasteiger partial charge < -0.3 is 9.52 Å². The quantitative estimate of drug-likeness (QED) is 0.929. The molecule has 1 aromatic heterocycles. The van der Waals surface area contributed by atoms with Crippen molar-refractivity contribution in [3.63, 3.8) is 0 Å². The Morgan fingerprint density at radius 3 is 2.53 bits per heavy atom. The highest BCUT2D eigenvalue weighted by molar-refractivity contribution is 9.10. The number of furan rings is 1. The monoisotopic (exact) mass is 286 g/mol. The summed E-state index contributed by atoms with van der Waals surface area (Å²) in [5.74, 6) is -4.04. The first-order valence-electron chi connectivity index (χ1n) is 3.83. The number of halogens is 4. The first-order chi connectivity index (χ1) is 6.80. The van der Waals surface area contributed by atoms with Crippen molar-refractivity contribution in [2.24, 2.45) is 0 Å². The van der Waals surface area contributed by atoms with E-state index in [4.69, 9.17) is 5.11 Å². The molecule has 0 aliphatic carbocycles. The van der Waals surface area contributed by atoms with E-state index in [1.54, 1.807) is 0 Å². The SMILES string of the molecule is O=C(O)CC(c1cc(Br)co1)C(F)(F)F. The zero-order valence-electron chi connectivity index (χ0n) is 7.21. The van der Waals surface area contributed by atoms with Gasteiger partial charge in [-0.3, -0.25) is 4.79 Å². The summed E-state index contributed by atoms with van der Waals surface area (Å²) in [5, 5.41) is 8.36. The number of carbonyl (C=O) groups is 1. The average Bonchev–Trinajstić information content (AvgIpc) is 2.45. The number of aliphatic carboxylic acids is 1. The van der Waals surface area contributed by atoms with Crippen molar-refractivity contribution in [2.75, 3.05) is 0 Å². The van der Waals surface area contributed by atoms with E-state index >= 15 is 0 Å². The predicted octanol–water partition coefficient (Wildman–Crippen LogP) is 3.16. The molecule has 0 aliphatic heterocycles. The molecule has 1 rings (SSSR count). The van der Waals surface area contributed by atoms with Crippen LogP contribution in [0.15, 0.2) is 21.2 Å². The maximum atomic E-state index is 12.4. The second kappa shape index (κ2) is 4.26. The standard InChI is InChI=1S/C8H6BrF3O3/c9-4-1-6(15-3-4)5(2-7(13)14)8(10,11)12/h1,3,5H,2H2,(H,13,14). The van der Waals surface area contributed by atoms with Crippen molar-refractivity contribution < 1.29 is 27.5 Å². The van der Waals surface area contributed by atoms with Crippen LogP contribution < -0.4 is 0 Å². The summed E-state index contributed by atoms with van der Waals surface area (Å²) in [6.07, 6.45) is -4.59. The fourth-order valence-corrected chi connectivity index (χ4v) is 1.38. The fraction of sp³-hybridized carbons (Fsp3) is 0.375. The lowest BCUT2D eigenvalue weighted by Gasteiger charge is -2.15. The summed E-state index contributed by atoms with van der Waals surface area (Å²) in [4.78, 5) is 10.3. The van der Waals surface area contributed by atoms with Crippen molar-refractivity contribution in [1.29, 1.82) is 0 Å². The van der Waals surface area contributed by atoms with Gasteiger partial charge in [-0.25, -0.2) is 0 Å². The van der Waals surface area contributed by atoms with Crippen LogP contribution in [0.3, 0.4) is 0 Å². The lowest BCUT2D eigenvalue weighted by molar-refractivity contribution is -0.166. The molecule has 1 N–H and O–H groups in total. The number of alkyl halides is 3. The molecule has 1 aromatic rings. The lowest BCUT2D eigenvalue weighted by Crippen LogP contribution is -2.23. The number of hydrogen-bond acceptors (Lipinski definition) is 2. The van der Waals surface area contributed by atoms with E-state index in [0.717, 1.165) is 12.3 Å². The average molecular weight is 287 g/mol. The molecule has 7 heteroatoms. The van der Waals surface area contributed by atoms with Crippen molar-refractivity contribution in [1.82, 2.24) is 0 Å². The highest BCUT2D eigenvalue weighted by Crippen LogP contribution is 2.38. The van der Waals surface area contributed by atoms with E-state index in [2.05, 4.69) is 20.3 Å². The van der Waals surface area contributed by atoms with E-state index in [0.29, 0.717) is 4.47 Å². The minimum Gasteiger partial charge on any atom is -0.481 e. The van der Waals surface area contributed by atoms with Gasteiger partial charge in [0, 0.05) is 0 Å². The molecule has 0 aliphatic rings. The minimum absolute atomic E-state index is 0.345. The zero-order valence-corrected chi connectivity index (χ0v) is 8.80. The number of carboxylic acids is 1. The largest absolute Gasteiger partial charge is 0.481 e. The van der Waals surface area contributed by atoms with Crippen LogP contribution in [0.1, 0.15) is 18.1 Å². The first-order valence-corrected chi connectivity index (χ1v) is 4.62. The smallest absolute Gasteiger partial charge is 0.399 e. The summed E-state index contributed by atoms with van der Waals surface area (Å²) in [6, 6.07) is 1.11. The van der Waals surface area contributed by atoms with E-state index in [1.807, 2.05) is 0 Å². The van der Waals surface area contributed by atoms with Gasteiger partial charge in [0.15, 0.2) is 0 Å². The topological polar surface area (TPSA) is 50.4 Å². The maximum absolute atomic E-state index is 12.4. The Kier molecular flexibility index (Phi) is 3.43. The molecule has 0 aromatic carbocycles. The van der Waals surface area contributed by atoms with E-state index < -0.39 is 30.2 Å². The predicted molar refractivity (Wildman–Crippen MR) is 47.5 cm³/mol. The summed E-state index contributed by atoms with van der Waals surface area (Å²) in [5.41, 5.74) is 0. The first kappa shape index (κ1) is 12.1. The molecule has 0 amide bonds. The highest BCUT2D eigenvalue weighted by Gasteiger charge is 2.44. The Morgan fingerprint density at radius 2 is 2.20 bits per heavy atom. The van der Waals surface area contributed by atoms with Crippen molar-refractivity contribution in [2.45, 2.75) is 18.5 Å². The summed E-state index contributed by atoms with van der Waals surface area (Å²) < 4.78 is 42.3. The van der Waals surface area contributed by atoms with Gasteiger partial charge in [0.05, 0.1) is 10.9 Å². The Hall–Kier alpha value is -0.980. The third-order valence-electron chi connectivity index (χ3n) is 1.71. The molecule has 0 radical (unpaired) electrons. The molecule has 3 nitrogen and oxygen atoms in total. The van der Waals surface area contributed by atoms with Gasteiger partial charge >= 0.3 is 12.1 Å². The number of rotatable bonds is 3. The molecule has 0 saturated carbocycles. The van der Waals surface area contributed by atoms with Gasteiger partial charge in [-0.2, -0.15) is 13.2 Å². The van der Waals surface area contributed by atoms with Gasteiger partial charge in [-0.1, -0.05) is 0 Å². The van der Waals surface area contributed by atoms with Crippen LogP contribution in [0.2, 0.25) is 0 Å². The molecular weight excluding hydrogens is 281 g/mol. The van der Waals surface area contributed by atoms with Crippen LogP contribution >= 0.6 is 15.9 Å². The number of carboxylic acid groups (broad SMARTS) is 1. The second-order valence-corrected chi connectivity index (χ2v) is 3.78. The number of hydrogen-bond donors (Lipinski definition) is 1. The van der Waals surface area contributed by atoms with Crippen molar-refractivity contribution in [3.05, 3.63) is 22.6 Å². The van der Waals surface area contributed by atoms with Crippen molar-refractivity contribution in [3.8, 4) is 0 Å². The van der Waals surface area contributed by atoms with Gasteiger partial charge in [-0.05, 0) is 22.0 Å². The Labute approximate surface area is 91.0 Å². The van der Waals surface area contributed by atoms with Gasteiger partial charge in [-0.15, -0.1) is 0 Å². The lowest BCUT2D eigenvalue weighted by atomic mass is 10.0. The zero-order chi connectivity index (χ0) is 11.6. The Morgan fingerprint density at radius 1 is 1.60 bits per heavy atom. The summed E-state index contributed by atoms with van der Waals surface area (Å²) in [7, 11) is 0. The molecule has 1 unspecified atom stereocenters. The van der Waals surface area contributed by atoms with Gasteiger partial charge in [0.1, 0.15) is 17.9 Å². The van der Waals surface area contributed by atoms with E-state index in [-0.39, 0.29) is 0 Å². The Bertz CT molecular complexity index is 358. The summed E-state index contributed by atoms with van der Waals surface area (Å²) in [6.45, 7) is 0. The highest BCUT2D eigenvalue weighted by atomic mass is 79.9. The molecular formula is C8H6BrF3O3. The van der Waals surface area contributed by atoms with Crippen LogP contribution in [-0.2, 0) is 4.79 Å². The molecule has 84 valence electrons. The van der Waals surface area contributed by atoms with Crippen LogP contribution in [0.25, 0.3) is 0 Å². The normalized spacial score (nSPS) is 13.9. The van der Waals surface area contributed by atoms with Crippen molar-refractivity contribution >= 4 is 21.9 Å². The Balaban J connectivity index is 2.96. The second-order valence-electron chi connectivity index (χ2n) is 2.86. The van der Waals surface area contributed by atoms with E-state index in [1.165, 1.54) is 0 Å². The fourth-order valence-electron chi connectivity index (χ4n) is 1.06. The van der Waals surface area contributed by atoms with Gasteiger partial charge in [0.25, 0.3) is 0 Å². The molecule has 0 bridgehead atoms. The van der Waals surface area contributed by atoms with Crippen LogP contribution in [0.4, 0.5) is 13.2 Å². The maximum Gasteiger partial charge on any atom is 0.399 e. The molecule has 1 atom stereocenters. The molecule has 1 heterocycles. The van der Waals surface area contributed by atoms with Crippen LogP contribution in [-0.4, -0.2) is 17.3 Å².